The molecular weight excluding hydrogens is 378 g/mol. The number of hydrogen-bond acceptors (Lipinski definition) is 5. The number of carbonyl (C=O) groups is 4. The molecule has 0 aliphatic carbocycles. The van der Waals surface area contributed by atoms with E-state index >= 15 is 0 Å². The molecule has 3 unspecified atom stereocenters. The van der Waals surface area contributed by atoms with E-state index in [1.54, 1.807) is 32.7 Å². The first kappa shape index (κ1) is 22.9. The Labute approximate surface area is 171 Å². The van der Waals surface area contributed by atoms with Crippen molar-refractivity contribution in [2.24, 2.45) is 5.92 Å². The van der Waals surface area contributed by atoms with Gasteiger partial charge >= 0.3 is 12.0 Å². The van der Waals surface area contributed by atoms with Gasteiger partial charge in [0.2, 0.25) is 11.8 Å². The Balaban J connectivity index is 2.12. The van der Waals surface area contributed by atoms with E-state index in [1.807, 2.05) is 0 Å². The summed E-state index contributed by atoms with van der Waals surface area (Å²) in [6.45, 7) is 6.99. The van der Waals surface area contributed by atoms with Gasteiger partial charge in [-0.25, -0.2) is 9.59 Å². The van der Waals surface area contributed by atoms with Crippen LogP contribution in [-0.4, -0.2) is 102 Å². The zero-order valence-corrected chi connectivity index (χ0v) is 17.7. The summed E-state index contributed by atoms with van der Waals surface area (Å²) in [5, 5.41) is 15.3. The van der Waals surface area contributed by atoms with Crippen LogP contribution in [0.2, 0.25) is 0 Å². The Hall–Kier alpha value is -2.36. The molecule has 29 heavy (non-hydrogen) atoms. The van der Waals surface area contributed by atoms with Gasteiger partial charge in [0.25, 0.3) is 0 Å². The smallest absolute Gasteiger partial charge is 0.328 e. The van der Waals surface area contributed by atoms with E-state index in [0.717, 1.165) is 12.8 Å². The molecule has 10 nitrogen and oxygen atoms in total. The molecule has 2 fully saturated rings. The van der Waals surface area contributed by atoms with Gasteiger partial charge in [-0.2, -0.15) is 0 Å². The van der Waals surface area contributed by atoms with Crippen molar-refractivity contribution < 1.29 is 24.3 Å². The molecule has 0 aromatic carbocycles. The second-order valence-corrected chi connectivity index (χ2v) is 8.05. The van der Waals surface area contributed by atoms with Crippen molar-refractivity contribution >= 4 is 23.8 Å². The molecule has 4 amide bonds. The SMILES string of the molecule is CNC(C)C(=O)NC(C(=O)N1CCN(C(=O)N2CCCC2)CC1C(=O)O)C(C)C. The molecule has 164 valence electrons. The summed E-state index contributed by atoms with van der Waals surface area (Å²) in [6, 6.07) is -2.62. The monoisotopic (exact) mass is 411 g/mol. The maximum atomic E-state index is 13.1. The third kappa shape index (κ3) is 5.37. The number of carboxylic acids is 1. The zero-order valence-electron chi connectivity index (χ0n) is 17.7. The fourth-order valence-corrected chi connectivity index (χ4v) is 3.64. The number of nitrogens with one attached hydrogen (secondary N) is 2. The predicted octanol–water partition coefficient (Wildman–Crippen LogP) is -0.452. The summed E-state index contributed by atoms with van der Waals surface area (Å²) in [4.78, 5) is 54.5. The van der Waals surface area contributed by atoms with Gasteiger partial charge < -0.3 is 30.4 Å². The first-order valence-corrected chi connectivity index (χ1v) is 10.2. The number of urea groups is 1. The summed E-state index contributed by atoms with van der Waals surface area (Å²) in [5.41, 5.74) is 0. The van der Waals surface area contributed by atoms with E-state index in [1.165, 1.54) is 9.80 Å². The van der Waals surface area contributed by atoms with E-state index in [2.05, 4.69) is 10.6 Å². The number of carboxylic acid groups (broad SMARTS) is 1. The van der Waals surface area contributed by atoms with Crippen molar-refractivity contribution in [2.45, 2.75) is 51.7 Å². The topological polar surface area (TPSA) is 122 Å². The summed E-state index contributed by atoms with van der Waals surface area (Å²) in [6.07, 6.45) is 1.90. The minimum atomic E-state index is -1.16. The van der Waals surface area contributed by atoms with Gasteiger partial charge in [0.05, 0.1) is 12.6 Å². The van der Waals surface area contributed by atoms with Crippen LogP contribution in [0.4, 0.5) is 4.79 Å². The Kier molecular flexibility index (Phi) is 7.83. The molecule has 2 aliphatic rings. The third-order valence-corrected chi connectivity index (χ3v) is 5.65. The van der Waals surface area contributed by atoms with Crippen molar-refractivity contribution in [3.05, 3.63) is 0 Å². The van der Waals surface area contributed by atoms with Crippen molar-refractivity contribution in [3.63, 3.8) is 0 Å². The highest BCUT2D eigenvalue weighted by Gasteiger charge is 2.41. The number of likely N-dealkylation sites (tertiary alicyclic amines) is 1. The van der Waals surface area contributed by atoms with Gasteiger partial charge in [-0.1, -0.05) is 13.8 Å². The van der Waals surface area contributed by atoms with Gasteiger partial charge in [-0.15, -0.1) is 0 Å². The van der Waals surface area contributed by atoms with E-state index in [4.69, 9.17) is 0 Å². The van der Waals surface area contributed by atoms with Crippen LogP contribution in [0.15, 0.2) is 0 Å². The number of hydrogen-bond donors (Lipinski definition) is 3. The lowest BCUT2D eigenvalue weighted by atomic mass is 10.00. The zero-order chi connectivity index (χ0) is 21.7. The minimum Gasteiger partial charge on any atom is -0.480 e. The fourth-order valence-electron chi connectivity index (χ4n) is 3.64. The number of likely N-dealkylation sites (N-methyl/N-ethyl adjacent to an activating group) is 1. The van der Waals surface area contributed by atoms with Crippen LogP contribution in [0.25, 0.3) is 0 Å². The lowest BCUT2D eigenvalue weighted by Crippen LogP contribution is -2.64. The van der Waals surface area contributed by atoms with Crippen molar-refractivity contribution in [3.8, 4) is 0 Å². The lowest BCUT2D eigenvalue weighted by Gasteiger charge is -2.42. The second kappa shape index (κ2) is 9.91. The molecule has 0 spiro atoms. The largest absolute Gasteiger partial charge is 0.480 e. The van der Waals surface area contributed by atoms with E-state index in [0.29, 0.717) is 13.1 Å². The van der Waals surface area contributed by atoms with E-state index in [9.17, 15) is 24.3 Å². The van der Waals surface area contributed by atoms with Crippen molar-refractivity contribution in [1.82, 2.24) is 25.3 Å². The van der Waals surface area contributed by atoms with Crippen molar-refractivity contribution in [1.29, 1.82) is 0 Å². The predicted molar refractivity (Wildman–Crippen MR) is 106 cm³/mol. The second-order valence-electron chi connectivity index (χ2n) is 8.05. The molecule has 2 rings (SSSR count). The van der Waals surface area contributed by atoms with Gasteiger partial charge in [-0.05, 0) is 32.7 Å². The van der Waals surface area contributed by atoms with E-state index in [-0.39, 0.29) is 37.5 Å². The van der Waals surface area contributed by atoms with Crippen LogP contribution in [0.3, 0.4) is 0 Å². The molecule has 10 heteroatoms. The summed E-state index contributed by atoms with van der Waals surface area (Å²) >= 11 is 0. The highest BCUT2D eigenvalue weighted by atomic mass is 16.4. The molecular formula is C19H33N5O5. The van der Waals surface area contributed by atoms with Crippen LogP contribution < -0.4 is 10.6 Å². The number of carbonyl (C=O) groups excluding carboxylic acids is 3. The average molecular weight is 412 g/mol. The number of rotatable bonds is 6. The van der Waals surface area contributed by atoms with Gasteiger partial charge in [0.1, 0.15) is 12.1 Å². The van der Waals surface area contributed by atoms with Gasteiger partial charge in [0.15, 0.2) is 0 Å². The van der Waals surface area contributed by atoms with Crippen LogP contribution in [0.1, 0.15) is 33.6 Å². The highest BCUT2D eigenvalue weighted by molar-refractivity contribution is 5.92. The van der Waals surface area contributed by atoms with Gasteiger partial charge in [-0.3, -0.25) is 9.59 Å². The molecule has 0 bridgehead atoms. The Morgan fingerprint density at radius 2 is 1.59 bits per heavy atom. The van der Waals surface area contributed by atoms with Crippen molar-refractivity contribution in [2.75, 3.05) is 39.8 Å². The summed E-state index contributed by atoms with van der Waals surface area (Å²) in [5.74, 6) is -2.13. The fraction of sp³-hybridized carbons (Fsp3) is 0.789. The number of amides is 4. The molecule has 2 aliphatic heterocycles. The van der Waals surface area contributed by atoms with Crippen LogP contribution in [0, 0.1) is 5.92 Å². The maximum absolute atomic E-state index is 13.1. The molecule has 0 radical (unpaired) electrons. The number of piperazine rings is 1. The third-order valence-electron chi connectivity index (χ3n) is 5.65. The molecule has 0 aromatic rings. The van der Waals surface area contributed by atoms with Crippen LogP contribution in [0.5, 0.6) is 0 Å². The lowest BCUT2D eigenvalue weighted by molar-refractivity contribution is -0.155. The average Bonchev–Trinajstić information content (AvgIpc) is 3.24. The first-order valence-electron chi connectivity index (χ1n) is 10.2. The molecule has 0 saturated carbocycles. The highest BCUT2D eigenvalue weighted by Crippen LogP contribution is 2.18. The molecule has 3 N–H and O–H groups in total. The van der Waals surface area contributed by atoms with Crippen LogP contribution in [-0.2, 0) is 14.4 Å². The maximum Gasteiger partial charge on any atom is 0.328 e. The molecule has 3 atom stereocenters. The Bertz CT molecular complexity index is 634. The Morgan fingerprint density at radius 1 is 0.966 bits per heavy atom. The van der Waals surface area contributed by atoms with Gasteiger partial charge in [0, 0.05) is 26.2 Å². The standard InChI is InChI=1S/C19H33N5O5/c1-12(2)15(21-16(25)13(3)20-4)17(26)24-10-9-23(11-14(24)18(27)28)19(29)22-7-5-6-8-22/h12-15,20H,5-11H2,1-4H3,(H,21,25)(H,27,28). The molecule has 0 aromatic heterocycles. The molecule has 2 saturated heterocycles. The number of aliphatic carboxylic acids is 1. The number of nitrogens with zero attached hydrogens (tertiary/aromatic N) is 3. The summed E-state index contributed by atoms with van der Waals surface area (Å²) < 4.78 is 0. The Morgan fingerprint density at radius 3 is 2.10 bits per heavy atom. The minimum absolute atomic E-state index is 0.0535. The first-order chi connectivity index (χ1) is 13.7. The van der Waals surface area contributed by atoms with Crippen LogP contribution >= 0.6 is 0 Å². The molecule has 2 heterocycles. The quantitative estimate of drug-likeness (QED) is 0.544. The van der Waals surface area contributed by atoms with E-state index < -0.39 is 30.0 Å². The summed E-state index contributed by atoms with van der Waals surface area (Å²) in [7, 11) is 1.65. The normalized spacial score (nSPS) is 21.8.